The van der Waals surface area contributed by atoms with Crippen molar-refractivity contribution < 1.29 is 17.9 Å². The fourth-order valence-electron chi connectivity index (χ4n) is 2.58. The molecular formula is C15H30N2O4S. The van der Waals surface area contributed by atoms with Gasteiger partial charge in [-0.2, -0.15) is 0 Å². The number of hydrogen-bond donors (Lipinski definition) is 1. The highest BCUT2D eigenvalue weighted by Crippen LogP contribution is 2.16. The zero-order valence-corrected chi connectivity index (χ0v) is 15.0. The van der Waals surface area contributed by atoms with Crippen LogP contribution < -0.4 is 5.32 Å². The van der Waals surface area contributed by atoms with E-state index < -0.39 is 20.3 Å². The molecule has 1 amide bonds. The van der Waals surface area contributed by atoms with E-state index in [-0.39, 0.29) is 5.91 Å². The summed E-state index contributed by atoms with van der Waals surface area (Å²) >= 11 is 0. The third kappa shape index (κ3) is 5.52. The fraction of sp³-hybridized carbons (Fsp3) is 0.933. The van der Waals surface area contributed by atoms with Crippen LogP contribution in [-0.2, 0) is 19.4 Å². The van der Waals surface area contributed by atoms with Gasteiger partial charge in [0.1, 0.15) is 5.25 Å². The van der Waals surface area contributed by atoms with Gasteiger partial charge >= 0.3 is 0 Å². The van der Waals surface area contributed by atoms with Gasteiger partial charge in [-0.25, -0.2) is 8.42 Å². The number of piperidine rings is 1. The lowest BCUT2D eigenvalue weighted by Crippen LogP contribution is -2.44. The smallest absolute Gasteiger partial charge is 0.238 e. The Labute approximate surface area is 134 Å². The summed E-state index contributed by atoms with van der Waals surface area (Å²) in [5.74, 6) is 0.0483. The van der Waals surface area contributed by atoms with Crippen LogP contribution in [0.1, 0.15) is 33.6 Å². The Bertz CT molecular complexity index is 442. The molecule has 22 heavy (non-hydrogen) atoms. The first-order chi connectivity index (χ1) is 10.3. The molecule has 0 spiro atoms. The van der Waals surface area contributed by atoms with E-state index in [2.05, 4.69) is 10.2 Å². The van der Waals surface area contributed by atoms with Crippen molar-refractivity contribution in [2.45, 2.75) is 44.1 Å². The highest BCUT2D eigenvalue weighted by atomic mass is 32.2. The summed E-state index contributed by atoms with van der Waals surface area (Å²) in [6.45, 7) is 8.94. The molecule has 0 aromatic rings. The van der Waals surface area contributed by atoms with Crippen molar-refractivity contribution in [1.82, 2.24) is 10.2 Å². The lowest BCUT2D eigenvalue weighted by Gasteiger charge is -2.32. The summed E-state index contributed by atoms with van der Waals surface area (Å²) < 4.78 is 29.0. The number of carbonyl (C=O) groups is 1. The van der Waals surface area contributed by atoms with Crippen molar-refractivity contribution in [3.05, 3.63) is 0 Å². The summed E-state index contributed by atoms with van der Waals surface area (Å²) in [5.41, 5.74) is 0. The highest BCUT2D eigenvalue weighted by molar-refractivity contribution is 7.93. The van der Waals surface area contributed by atoms with Crippen LogP contribution in [0.4, 0.5) is 0 Å². The molecule has 7 heteroatoms. The van der Waals surface area contributed by atoms with E-state index in [1.54, 1.807) is 21.0 Å². The first-order valence-electron chi connectivity index (χ1n) is 8.00. The van der Waals surface area contributed by atoms with Crippen LogP contribution in [0, 0.1) is 5.92 Å². The monoisotopic (exact) mass is 334 g/mol. The number of ether oxygens (including phenoxy) is 1. The second-order valence-electron chi connectivity index (χ2n) is 6.30. The van der Waals surface area contributed by atoms with E-state index in [1.165, 1.54) is 6.92 Å². The van der Waals surface area contributed by atoms with Gasteiger partial charge in [0.05, 0.1) is 11.9 Å². The summed E-state index contributed by atoms with van der Waals surface area (Å²) in [5, 5.41) is 1.30. The number of rotatable bonds is 8. The molecule has 1 atom stereocenters. The van der Waals surface area contributed by atoms with Crippen LogP contribution in [0.25, 0.3) is 0 Å². The normalized spacial score (nSPS) is 19.3. The topological polar surface area (TPSA) is 75.7 Å². The summed E-state index contributed by atoms with van der Waals surface area (Å²) in [6.07, 6.45) is 2.05. The molecule has 1 rings (SSSR count). The van der Waals surface area contributed by atoms with E-state index in [4.69, 9.17) is 4.74 Å². The van der Waals surface area contributed by atoms with Gasteiger partial charge in [0.15, 0.2) is 9.84 Å². The Morgan fingerprint density at radius 1 is 1.27 bits per heavy atom. The summed E-state index contributed by atoms with van der Waals surface area (Å²) in [4.78, 5) is 14.4. The third-order valence-electron chi connectivity index (χ3n) is 4.40. The van der Waals surface area contributed by atoms with Gasteiger partial charge in [0.25, 0.3) is 0 Å². The second kappa shape index (κ2) is 8.84. The Morgan fingerprint density at radius 3 is 2.36 bits per heavy atom. The van der Waals surface area contributed by atoms with E-state index >= 15 is 0 Å². The standard InChI is InChI=1S/C15H30N2O4S/c1-12(2)22(19,20)13(3)15(18)16-11-14-5-7-17(8-6-14)9-10-21-4/h12-14H,5-11H2,1-4H3,(H,16,18). The molecule has 0 aliphatic carbocycles. The molecule has 1 aliphatic heterocycles. The highest BCUT2D eigenvalue weighted by Gasteiger charge is 2.31. The SMILES string of the molecule is COCCN1CCC(CNC(=O)C(C)S(=O)(=O)C(C)C)CC1. The molecule has 1 heterocycles. The van der Waals surface area contributed by atoms with Gasteiger partial charge in [0, 0.05) is 20.2 Å². The van der Waals surface area contributed by atoms with Gasteiger partial charge in [-0.15, -0.1) is 0 Å². The van der Waals surface area contributed by atoms with E-state index in [1.807, 2.05) is 0 Å². The van der Waals surface area contributed by atoms with E-state index in [0.717, 1.165) is 39.1 Å². The lowest BCUT2D eigenvalue weighted by molar-refractivity contribution is -0.120. The van der Waals surface area contributed by atoms with Crippen LogP contribution in [0.5, 0.6) is 0 Å². The van der Waals surface area contributed by atoms with Gasteiger partial charge < -0.3 is 15.0 Å². The number of likely N-dealkylation sites (tertiary alicyclic amines) is 1. The van der Waals surface area contributed by atoms with E-state index in [9.17, 15) is 13.2 Å². The Morgan fingerprint density at radius 2 is 1.86 bits per heavy atom. The predicted molar refractivity (Wildman–Crippen MR) is 87.6 cm³/mol. The molecule has 1 aliphatic rings. The maximum absolute atomic E-state index is 12.0. The number of amides is 1. The summed E-state index contributed by atoms with van der Waals surface area (Å²) in [6, 6.07) is 0. The van der Waals surface area contributed by atoms with Crippen molar-refractivity contribution >= 4 is 15.7 Å². The zero-order chi connectivity index (χ0) is 16.8. The van der Waals surface area contributed by atoms with E-state index in [0.29, 0.717) is 12.5 Å². The van der Waals surface area contributed by atoms with Crippen molar-refractivity contribution in [3.8, 4) is 0 Å². The predicted octanol–water partition coefficient (Wildman–Crippen LogP) is 0.673. The second-order valence-corrected chi connectivity index (χ2v) is 9.13. The Kier molecular flexibility index (Phi) is 7.79. The summed E-state index contributed by atoms with van der Waals surface area (Å²) in [7, 11) is -1.68. The van der Waals surface area contributed by atoms with Crippen molar-refractivity contribution in [3.63, 3.8) is 0 Å². The number of nitrogens with one attached hydrogen (secondary N) is 1. The maximum atomic E-state index is 12.0. The quantitative estimate of drug-likeness (QED) is 0.706. The van der Waals surface area contributed by atoms with Crippen molar-refractivity contribution in [2.75, 3.05) is 39.9 Å². The number of methoxy groups -OCH3 is 1. The zero-order valence-electron chi connectivity index (χ0n) is 14.2. The molecule has 6 nitrogen and oxygen atoms in total. The van der Waals surface area contributed by atoms with Crippen LogP contribution in [0.2, 0.25) is 0 Å². The van der Waals surface area contributed by atoms with Crippen LogP contribution in [0.15, 0.2) is 0 Å². The van der Waals surface area contributed by atoms with Gasteiger partial charge in [-0.05, 0) is 52.6 Å². The average molecular weight is 334 g/mol. The molecule has 0 aromatic carbocycles. The molecule has 1 fully saturated rings. The number of carbonyl (C=O) groups excluding carboxylic acids is 1. The van der Waals surface area contributed by atoms with Crippen molar-refractivity contribution in [2.24, 2.45) is 5.92 Å². The molecule has 1 saturated heterocycles. The minimum atomic E-state index is -3.38. The molecule has 130 valence electrons. The minimum absolute atomic E-state index is 0.379. The average Bonchev–Trinajstić information content (AvgIpc) is 2.50. The Hall–Kier alpha value is -0.660. The third-order valence-corrected chi connectivity index (χ3v) is 6.92. The fourth-order valence-corrected chi connectivity index (χ4v) is 3.78. The first kappa shape index (κ1) is 19.4. The van der Waals surface area contributed by atoms with Gasteiger partial charge in [0.2, 0.25) is 5.91 Å². The molecule has 0 aromatic heterocycles. The molecular weight excluding hydrogens is 304 g/mol. The Balaban J connectivity index is 2.34. The molecule has 1 unspecified atom stereocenters. The van der Waals surface area contributed by atoms with Crippen LogP contribution in [0.3, 0.4) is 0 Å². The number of nitrogens with zero attached hydrogens (tertiary/aromatic N) is 1. The largest absolute Gasteiger partial charge is 0.383 e. The number of sulfone groups is 1. The van der Waals surface area contributed by atoms with Crippen LogP contribution >= 0.6 is 0 Å². The molecule has 0 bridgehead atoms. The maximum Gasteiger partial charge on any atom is 0.238 e. The lowest BCUT2D eigenvalue weighted by atomic mass is 9.97. The van der Waals surface area contributed by atoms with Gasteiger partial charge in [-0.3, -0.25) is 4.79 Å². The van der Waals surface area contributed by atoms with Crippen LogP contribution in [-0.4, -0.2) is 69.6 Å². The molecule has 0 saturated carbocycles. The van der Waals surface area contributed by atoms with Crippen molar-refractivity contribution in [1.29, 1.82) is 0 Å². The number of hydrogen-bond acceptors (Lipinski definition) is 5. The molecule has 1 N–H and O–H groups in total. The minimum Gasteiger partial charge on any atom is -0.383 e. The van der Waals surface area contributed by atoms with Gasteiger partial charge in [-0.1, -0.05) is 0 Å². The first-order valence-corrected chi connectivity index (χ1v) is 9.61. The molecule has 0 radical (unpaired) electrons.